The summed E-state index contributed by atoms with van der Waals surface area (Å²) in [5.41, 5.74) is 1.77. The van der Waals surface area contributed by atoms with Gasteiger partial charge in [0.25, 0.3) is 0 Å². The summed E-state index contributed by atoms with van der Waals surface area (Å²) in [6.07, 6.45) is 1.88. The molecule has 0 fully saturated rings. The van der Waals surface area contributed by atoms with Crippen LogP contribution in [0.3, 0.4) is 0 Å². The van der Waals surface area contributed by atoms with Gasteiger partial charge in [-0.15, -0.1) is 10.2 Å². The van der Waals surface area contributed by atoms with Gasteiger partial charge in [-0.25, -0.2) is 4.79 Å². The van der Waals surface area contributed by atoms with Gasteiger partial charge in [-0.2, -0.15) is 0 Å². The lowest BCUT2D eigenvalue weighted by atomic mass is 10.1. The second-order valence-corrected chi connectivity index (χ2v) is 6.58. The summed E-state index contributed by atoms with van der Waals surface area (Å²) in [6.45, 7) is 2.31. The third-order valence-corrected chi connectivity index (χ3v) is 4.64. The van der Waals surface area contributed by atoms with Gasteiger partial charge in [-0.3, -0.25) is 4.40 Å². The molecule has 2 N–H and O–H groups in total. The first-order valence-electron chi connectivity index (χ1n) is 9.05. The van der Waals surface area contributed by atoms with Crippen molar-refractivity contribution in [2.24, 2.45) is 0 Å². The minimum absolute atomic E-state index is 0.255. The Kier molecular flexibility index (Phi) is 4.80. The lowest BCUT2D eigenvalue weighted by Crippen LogP contribution is -2.37. The highest BCUT2D eigenvalue weighted by Gasteiger charge is 2.15. The van der Waals surface area contributed by atoms with Crippen molar-refractivity contribution in [1.82, 2.24) is 25.2 Å². The standard InChI is InChI=1S/C21H21N5O2/c1-14(20-25-24-19-5-3-4-10-26(19)20)23-21(27)22-13-15-6-7-17-12-18(28-2)9-8-16(17)11-15/h3-12,14H,13H2,1-2H3,(H2,22,23,27)/t14-/m1/s1. The minimum atomic E-state index is -0.276. The molecule has 0 aliphatic rings. The van der Waals surface area contributed by atoms with E-state index in [2.05, 4.69) is 26.9 Å². The quantitative estimate of drug-likeness (QED) is 0.560. The Bertz CT molecular complexity index is 1140. The number of methoxy groups -OCH3 is 1. The van der Waals surface area contributed by atoms with Crippen molar-refractivity contribution in [3.63, 3.8) is 0 Å². The number of carbonyl (C=O) groups excluding carboxylic acids is 1. The van der Waals surface area contributed by atoms with Crippen molar-refractivity contribution in [2.45, 2.75) is 19.5 Å². The first-order chi connectivity index (χ1) is 13.6. The number of fused-ring (bicyclic) bond motifs is 2. The molecule has 4 rings (SSSR count). The van der Waals surface area contributed by atoms with Crippen molar-refractivity contribution < 1.29 is 9.53 Å². The molecule has 0 spiro atoms. The molecule has 2 aromatic heterocycles. The summed E-state index contributed by atoms with van der Waals surface area (Å²) in [7, 11) is 1.65. The van der Waals surface area contributed by atoms with Crippen molar-refractivity contribution in [1.29, 1.82) is 0 Å². The summed E-state index contributed by atoms with van der Waals surface area (Å²) in [6, 6.07) is 17.2. The molecule has 2 aromatic carbocycles. The van der Waals surface area contributed by atoms with Crippen molar-refractivity contribution >= 4 is 22.5 Å². The van der Waals surface area contributed by atoms with E-state index in [1.165, 1.54) is 0 Å². The third-order valence-electron chi connectivity index (χ3n) is 4.64. The van der Waals surface area contributed by atoms with Gasteiger partial charge in [0.05, 0.1) is 13.2 Å². The van der Waals surface area contributed by atoms with Gasteiger partial charge in [-0.1, -0.05) is 24.3 Å². The molecule has 0 aliphatic carbocycles. The highest BCUT2D eigenvalue weighted by atomic mass is 16.5. The predicted molar refractivity (Wildman–Crippen MR) is 107 cm³/mol. The summed E-state index contributed by atoms with van der Waals surface area (Å²) < 4.78 is 7.11. The fourth-order valence-corrected chi connectivity index (χ4v) is 3.16. The van der Waals surface area contributed by atoms with Crippen LogP contribution in [-0.4, -0.2) is 27.7 Å². The highest BCUT2D eigenvalue weighted by Crippen LogP contribution is 2.21. The number of aromatic nitrogens is 3. The van der Waals surface area contributed by atoms with Gasteiger partial charge in [0, 0.05) is 12.7 Å². The second-order valence-electron chi connectivity index (χ2n) is 6.58. The SMILES string of the molecule is COc1ccc2cc(CNC(=O)N[C@H](C)c3nnc4ccccn34)ccc2c1. The number of nitrogens with one attached hydrogen (secondary N) is 2. The molecule has 142 valence electrons. The van der Waals surface area contributed by atoms with E-state index < -0.39 is 0 Å². The second kappa shape index (κ2) is 7.56. The normalized spacial score (nSPS) is 12.1. The largest absolute Gasteiger partial charge is 0.497 e. The molecule has 1 atom stereocenters. The van der Waals surface area contributed by atoms with Gasteiger partial charge in [0.2, 0.25) is 0 Å². The van der Waals surface area contributed by atoms with E-state index in [0.29, 0.717) is 12.4 Å². The maximum absolute atomic E-state index is 12.3. The van der Waals surface area contributed by atoms with Crippen LogP contribution in [0.4, 0.5) is 4.79 Å². The van der Waals surface area contributed by atoms with Crippen LogP contribution in [0.5, 0.6) is 5.75 Å². The van der Waals surface area contributed by atoms with Gasteiger partial charge >= 0.3 is 6.03 Å². The van der Waals surface area contributed by atoms with E-state index >= 15 is 0 Å². The number of ether oxygens (including phenoxy) is 1. The fourth-order valence-electron chi connectivity index (χ4n) is 3.16. The number of hydrogen-bond donors (Lipinski definition) is 2. The monoisotopic (exact) mass is 375 g/mol. The maximum Gasteiger partial charge on any atom is 0.315 e. The van der Waals surface area contributed by atoms with Crippen molar-refractivity contribution in [2.75, 3.05) is 7.11 Å². The third kappa shape index (κ3) is 3.59. The molecule has 7 heteroatoms. The smallest absolute Gasteiger partial charge is 0.315 e. The molecule has 28 heavy (non-hydrogen) atoms. The first-order valence-corrected chi connectivity index (χ1v) is 9.05. The number of rotatable bonds is 5. The summed E-state index contributed by atoms with van der Waals surface area (Å²) in [5, 5.41) is 16.3. The zero-order valence-electron chi connectivity index (χ0n) is 15.7. The van der Waals surface area contributed by atoms with Gasteiger partial charge in [-0.05, 0) is 53.6 Å². The van der Waals surface area contributed by atoms with Crippen LogP contribution >= 0.6 is 0 Å². The average molecular weight is 375 g/mol. The van der Waals surface area contributed by atoms with Crippen LogP contribution in [-0.2, 0) is 6.54 Å². The lowest BCUT2D eigenvalue weighted by molar-refractivity contribution is 0.237. The number of urea groups is 1. The predicted octanol–water partition coefficient (Wildman–Crippen LogP) is 3.45. The fraction of sp³-hybridized carbons (Fsp3) is 0.190. The Hall–Kier alpha value is -3.61. The summed E-state index contributed by atoms with van der Waals surface area (Å²) in [4.78, 5) is 12.3. The lowest BCUT2D eigenvalue weighted by Gasteiger charge is -2.13. The number of nitrogens with zero attached hydrogens (tertiary/aromatic N) is 3. The molecule has 0 saturated heterocycles. The van der Waals surface area contributed by atoms with Gasteiger partial charge in [0.1, 0.15) is 5.75 Å². The number of hydrogen-bond acceptors (Lipinski definition) is 4. The van der Waals surface area contributed by atoms with Crippen LogP contribution in [0, 0.1) is 0 Å². The zero-order chi connectivity index (χ0) is 19.5. The van der Waals surface area contributed by atoms with Gasteiger partial charge in [0.15, 0.2) is 11.5 Å². The van der Waals surface area contributed by atoms with Crippen molar-refractivity contribution in [3.8, 4) is 5.75 Å². The molecule has 0 saturated carbocycles. The van der Waals surface area contributed by atoms with E-state index in [1.807, 2.05) is 66.1 Å². The number of carbonyl (C=O) groups is 1. The number of pyridine rings is 1. The minimum Gasteiger partial charge on any atom is -0.497 e. The van der Waals surface area contributed by atoms with Crippen LogP contribution in [0.25, 0.3) is 16.4 Å². The topological polar surface area (TPSA) is 80.5 Å². The molecule has 0 bridgehead atoms. The molecular formula is C21H21N5O2. The molecule has 4 aromatic rings. The summed E-state index contributed by atoms with van der Waals surface area (Å²) >= 11 is 0. The molecule has 2 amide bonds. The molecular weight excluding hydrogens is 354 g/mol. The van der Waals surface area contributed by atoms with E-state index in [1.54, 1.807) is 7.11 Å². The molecule has 0 radical (unpaired) electrons. The van der Waals surface area contributed by atoms with E-state index in [0.717, 1.165) is 27.7 Å². The van der Waals surface area contributed by atoms with Gasteiger partial charge < -0.3 is 15.4 Å². The first kappa shape index (κ1) is 17.8. The van der Waals surface area contributed by atoms with Crippen molar-refractivity contribution in [3.05, 3.63) is 72.2 Å². The van der Waals surface area contributed by atoms with Crippen LogP contribution in [0.1, 0.15) is 24.4 Å². The van der Waals surface area contributed by atoms with E-state index in [-0.39, 0.29) is 12.1 Å². The Labute approximate surface area is 162 Å². The average Bonchev–Trinajstić information content (AvgIpc) is 3.16. The Morgan fingerprint density at radius 2 is 1.93 bits per heavy atom. The van der Waals surface area contributed by atoms with E-state index in [4.69, 9.17) is 4.74 Å². The Balaban J connectivity index is 1.39. The molecule has 7 nitrogen and oxygen atoms in total. The molecule has 0 unspecified atom stereocenters. The Morgan fingerprint density at radius 1 is 1.11 bits per heavy atom. The maximum atomic E-state index is 12.3. The van der Waals surface area contributed by atoms with E-state index in [9.17, 15) is 4.79 Å². The van der Waals surface area contributed by atoms with Crippen LogP contribution in [0.15, 0.2) is 60.8 Å². The zero-order valence-corrected chi connectivity index (χ0v) is 15.7. The highest BCUT2D eigenvalue weighted by molar-refractivity contribution is 5.84. The summed E-state index contributed by atoms with van der Waals surface area (Å²) in [5.74, 6) is 1.51. The number of benzene rings is 2. The Morgan fingerprint density at radius 3 is 2.79 bits per heavy atom. The van der Waals surface area contributed by atoms with Crippen LogP contribution < -0.4 is 15.4 Å². The molecule has 0 aliphatic heterocycles. The number of amides is 2. The molecule has 2 heterocycles. The van der Waals surface area contributed by atoms with Crippen LogP contribution in [0.2, 0.25) is 0 Å².